The standard InChI is InChI=1S/C15H27N3O2S/c1-5-6-10-21(19,20)17-13-8-7-9-14-12(13)11-16-18(14)15(2,3)4/h11,13,17H,5-10H2,1-4H3. The molecule has 21 heavy (non-hydrogen) atoms. The molecule has 0 aliphatic heterocycles. The van der Waals surface area contributed by atoms with Crippen LogP contribution in [0.2, 0.25) is 0 Å². The lowest BCUT2D eigenvalue weighted by Gasteiger charge is -2.28. The van der Waals surface area contributed by atoms with Gasteiger partial charge in [-0.05, 0) is 46.5 Å². The van der Waals surface area contributed by atoms with Gasteiger partial charge in [-0.25, -0.2) is 13.1 Å². The first kappa shape index (κ1) is 16.5. The third kappa shape index (κ3) is 3.86. The molecule has 0 spiro atoms. The summed E-state index contributed by atoms with van der Waals surface area (Å²) in [6, 6.07) is -0.119. The Kier molecular flexibility index (Phi) is 4.78. The molecule has 1 aliphatic carbocycles. The number of fused-ring (bicyclic) bond motifs is 1. The van der Waals surface area contributed by atoms with E-state index in [0.717, 1.165) is 31.2 Å². The number of nitrogens with zero attached hydrogens (tertiary/aromatic N) is 2. The lowest BCUT2D eigenvalue weighted by Crippen LogP contribution is -2.33. The molecule has 1 N–H and O–H groups in total. The largest absolute Gasteiger partial charge is 0.264 e. The Balaban J connectivity index is 2.22. The van der Waals surface area contributed by atoms with Crippen molar-refractivity contribution in [1.29, 1.82) is 0 Å². The van der Waals surface area contributed by atoms with Crippen LogP contribution >= 0.6 is 0 Å². The van der Waals surface area contributed by atoms with Crippen LogP contribution in [0, 0.1) is 0 Å². The summed E-state index contributed by atoms with van der Waals surface area (Å²) in [7, 11) is -3.20. The molecule has 1 aliphatic rings. The van der Waals surface area contributed by atoms with E-state index in [9.17, 15) is 8.42 Å². The van der Waals surface area contributed by atoms with Crippen molar-refractivity contribution >= 4 is 10.0 Å². The predicted octanol–water partition coefficient (Wildman–Crippen LogP) is 2.74. The molecule has 0 amide bonds. The second kappa shape index (κ2) is 6.08. The van der Waals surface area contributed by atoms with Crippen LogP contribution in [0.1, 0.15) is 70.7 Å². The first-order valence-electron chi connectivity index (χ1n) is 7.82. The number of aromatic nitrogens is 2. The van der Waals surface area contributed by atoms with Crippen molar-refractivity contribution in [3.63, 3.8) is 0 Å². The minimum absolute atomic E-state index is 0.0729. The molecular formula is C15H27N3O2S. The Morgan fingerprint density at radius 1 is 1.43 bits per heavy atom. The van der Waals surface area contributed by atoms with Gasteiger partial charge in [0.1, 0.15) is 0 Å². The van der Waals surface area contributed by atoms with E-state index in [0.29, 0.717) is 6.42 Å². The summed E-state index contributed by atoms with van der Waals surface area (Å²) < 4.78 is 29.2. The monoisotopic (exact) mass is 313 g/mol. The Morgan fingerprint density at radius 3 is 2.76 bits per heavy atom. The van der Waals surface area contributed by atoms with Crippen molar-refractivity contribution in [2.24, 2.45) is 0 Å². The average molecular weight is 313 g/mol. The molecule has 0 fully saturated rings. The fourth-order valence-electron chi connectivity index (χ4n) is 2.87. The maximum atomic E-state index is 12.1. The van der Waals surface area contributed by atoms with Gasteiger partial charge in [-0.1, -0.05) is 13.3 Å². The second-order valence-electron chi connectivity index (χ2n) is 6.86. The zero-order valence-corrected chi connectivity index (χ0v) is 14.3. The molecule has 0 aromatic carbocycles. The average Bonchev–Trinajstić information content (AvgIpc) is 2.81. The SMILES string of the molecule is CCCCS(=O)(=O)NC1CCCc2c1cnn2C(C)(C)C. The molecule has 1 unspecified atom stereocenters. The highest BCUT2D eigenvalue weighted by molar-refractivity contribution is 7.89. The number of sulfonamides is 1. The molecule has 1 heterocycles. The van der Waals surface area contributed by atoms with E-state index in [-0.39, 0.29) is 17.3 Å². The molecule has 5 nitrogen and oxygen atoms in total. The highest BCUT2D eigenvalue weighted by Crippen LogP contribution is 2.32. The van der Waals surface area contributed by atoms with Crippen molar-refractivity contribution in [1.82, 2.24) is 14.5 Å². The number of hydrogen-bond acceptors (Lipinski definition) is 3. The molecule has 1 aromatic rings. The van der Waals surface area contributed by atoms with Crippen LogP contribution < -0.4 is 4.72 Å². The van der Waals surface area contributed by atoms with E-state index < -0.39 is 10.0 Å². The van der Waals surface area contributed by atoms with Gasteiger partial charge in [0, 0.05) is 11.3 Å². The summed E-state index contributed by atoms with van der Waals surface area (Å²) in [4.78, 5) is 0. The molecule has 1 atom stereocenters. The highest BCUT2D eigenvalue weighted by atomic mass is 32.2. The molecule has 120 valence electrons. The molecule has 0 bridgehead atoms. The maximum absolute atomic E-state index is 12.1. The predicted molar refractivity (Wildman–Crippen MR) is 84.7 cm³/mol. The number of rotatable bonds is 5. The normalized spacial score (nSPS) is 19.5. The van der Waals surface area contributed by atoms with Gasteiger partial charge < -0.3 is 0 Å². The zero-order chi connectivity index (χ0) is 15.7. The third-order valence-electron chi connectivity index (χ3n) is 3.91. The maximum Gasteiger partial charge on any atom is 0.212 e. The van der Waals surface area contributed by atoms with Crippen molar-refractivity contribution < 1.29 is 8.42 Å². The summed E-state index contributed by atoms with van der Waals surface area (Å²) >= 11 is 0. The minimum Gasteiger partial charge on any atom is -0.264 e. The van der Waals surface area contributed by atoms with Gasteiger partial charge >= 0.3 is 0 Å². The Hall–Kier alpha value is -0.880. The third-order valence-corrected chi connectivity index (χ3v) is 5.38. The summed E-state index contributed by atoms with van der Waals surface area (Å²) in [5.74, 6) is 0.211. The van der Waals surface area contributed by atoms with E-state index >= 15 is 0 Å². The quantitative estimate of drug-likeness (QED) is 0.909. The number of nitrogens with one attached hydrogen (secondary N) is 1. The smallest absolute Gasteiger partial charge is 0.212 e. The van der Waals surface area contributed by atoms with Gasteiger partial charge in [-0.15, -0.1) is 0 Å². The van der Waals surface area contributed by atoms with E-state index in [1.165, 1.54) is 5.69 Å². The van der Waals surface area contributed by atoms with Crippen molar-refractivity contribution in [2.45, 2.75) is 71.4 Å². The van der Waals surface area contributed by atoms with Gasteiger partial charge in [0.05, 0.1) is 23.5 Å². The first-order chi connectivity index (χ1) is 9.74. The lowest BCUT2D eigenvalue weighted by molar-refractivity contribution is 0.336. The fourth-order valence-corrected chi connectivity index (χ4v) is 4.33. The van der Waals surface area contributed by atoms with E-state index in [2.05, 4.69) is 30.6 Å². The first-order valence-corrected chi connectivity index (χ1v) is 9.47. The van der Waals surface area contributed by atoms with Gasteiger partial charge in [-0.2, -0.15) is 5.10 Å². The summed E-state index contributed by atoms with van der Waals surface area (Å²) in [5.41, 5.74) is 2.16. The van der Waals surface area contributed by atoms with Crippen LogP contribution in [0.4, 0.5) is 0 Å². The molecule has 6 heteroatoms. The van der Waals surface area contributed by atoms with Crippen molar-refractivity contribution in [2.75, 3.05) is 5.75 Å². The van der Waals surface area contributed by atoms with E-state index in [1.807, 2.05) is 17.8 Å². The van der Waals surface area contributed by atoms with E-state index in [1.54, 1.807) is 0 Å². The van der Waals surface area contributed by atoms with Crippen LogP contribution in [-0.2, 0) is 22.0 Å². The molecule has 0 saturated carbocycles. The van der Waals surface area contributed by atoms with Crippen LogP contribution in [0.3, 0.4) is 0 Å². The lowest BCUT2D eigenvalue weighted by atomic mass is 9.93. The van der Waals surface area contributed by atoms with Gasteiger partial charge in [-0.3, -0.25) is 4.68 Å². The Bertz CT molecular complexity index is 585. The van der Waals surface area contributed by atoms with Gasteiger partial charge in [0.2, 0.25) is 10.0 Å². The summed E-state index contributed by atoms with van der Waals surface area (Å²) in [6.07, 6.45) is 6.26. The van der Waals surface area contributed by atoms with Crippen LogP contribution in [0.25, 0.3) is 0 Å². The van der Waals surface area contributed by atoms with Crippen LogP contribution in [0.15, 0.2) is 6.20 Å². The minimum atomic E-state index is -3.20. The molecule has 0 saturated heterocycles. The molecular weight excluding hydrogens is 286 g/mol. The van der Waals surface area contributed by atoms with E-state index in [4.69, 9.17) is 0 Å². The molecule has 0 radical (unpaired) electrons. The second-order valence-corrected chi connectivity index (χ2v) is 8.74. The zero-order valence-electron chi connectivity index (χ0n) is 13.5. The van der Waals surface area contributed by atoms with Crippen LogP contribution in [0.5, 0.6) is 0 Å². The van der Waals surface area contributed by atoms with Gasteiger partial charge in [0.15, 0.2) is 0 Å². The van der Waals surface area contributed by atoms with Crippen LogP contribution in [-0.4, -0.2) is 24.0 Å². The number of unbranched alkanes of at least 4 members (excludes halogenated alkanes) is 1. The molecule has 2 rings (SSSR count). The van der Waals surface area contributed by atoms with Gasteiger partial charge in [0.25, 0.3) is 0 Å². The summed E-state index contributed by atoms with van der Waals surface area (Å²) in [5, 5.41) is 4.49. The number of hydrogen-bond donors (Lipinski definition) is 1. The molecule has 1 aromatic heterocycles. The van der Waals surface area contributed by atoms with Crippen molar-refractivity contribution in [3.8, 4) is 0 Å². The Labute approximate surface area is 128 Å². The van der Waals surface area contributed by atoms with Crippen molar-refractivity contribution in [3.05, 3.63) is 17.5 Å². The fraction of sp³-hybridized carbons (Fsp3) is 0.800. The summed E-state index contributed by atoms with van der Waals surface area (Å²) in [6.45, 7) is 8.36. The topological polar surface area (TPSA) is 64.0 Å². The highest BCUT2D eigenvalue weighted by Gasteiger charge is 2.30. The Morgan fingerprint density at radius 2 is 2.14 bits per heavy atom.